The van der Waals surface area contributed by atoms with Crippen LogP contribution in [0.25, 0.3) is 33.6 Å². The van der Waals surface area contributed by atoms with E-state index in [4.69, 9.17) is 14.5 Å². The van der Waals surface area contributed by atoms with E-state index in [1.54, 1.807) is 50.4 Å². The lowest BCUT2D eigenvalue weighted by Crippen LogP contribution is -2.72. The zero-order valence-electron chi connectivity index (χ0n) is 29.5. The molecule has 2 amide bonds. The highest BCUT2D eigenvalue weighted by atomic mass is 19.1. The summed E-state index contributed by atoms with van der Waals surface area (Å²) in [5, 5.41) is 6.55. The predicted octanol–water partition coefficient (Wildman–Crippen LogP) is 4.69. The van der Waals surface area contributed by atoms with E-state index < -0.39 is 11.6 Å². The van der Waals surface area contributed by atoms with Crippen LogP contribution in [0.3, 0.4) is 0 Å². The molecule has 0 saturated carbocycles. The molecule has 2 aromatic heterocycles. The van der Waals surface area contributed by atoms with E-state index in [-0.39, 0.29) is 57.3 Å². The van der Waals surface area contributed by atoms with Crippen LogP contribution in [-0.4, -0.2) is 89.6 Å². The summed E-state index contributed by atoms with van der Waals surface area (Å²) in [7, 11) is 3.06. The van der Waals surface area contributed by atoms with Crippen LogP contribution in [0.15, 0.2) is 48.7 Å². The van der Waals surface area contributed by atoms with Gasteiger partial charge in [-0.2, -0.15) is 0 Å². The zero-order chi connectivity index (χ0) is 36.1. The molecule has 3 saturated heterocycles. The number of hydrogen-bond donors (Lipinski definition) is 2. The van der Waals surface area contributed by atoms with E-state index in [0.717, 1.165) is 56.6 Å². The Morgan fingerprint density at radius 1 is 0.923 bits per heavy atom. The zero-order valence-corrected chi connectivity index (χ0v) is 29.5. The molecule has 2 atom stereocenters. The molecule has 2 aromatic carbocycles. The Labute approximate surface area is 300 Å². The Hall–Kier alpha value is -5.01. The van der Waals surface area contributed by atoms with Crippen LogP contribution in [-0.2, 0) is 22.6 Å². The number of ether oxygens (including phenoxy) is 2. The van der Waals surface area contributed by atoms with Crippen molar-refractivity contribution in [3.05, 3.63) is 77.1 Å². The van der Waals surface area contributed by atoms with Crippen molar-refractivity contribution in [2.45, 2.75) is 51.2 Å². The summed E-state index contributed by atoms with van der Waals surface area (Å²) >= 11 is 0. The third-order valence-corrected chi connectivity index (χ3v) is 10.9. The first-order valence-corrected chi connectivity index (χ1v) is 17.7. The first-order valence-electron chi connectivity index (χ1n) is 17.7. The second-order valence-electron chi connectivity index (χ2n) is 14.5. The van der Waals surface area contributed by atoms with E-state index in [1.165, 1.54) is 13.3 Å². The highest BCUT2D eigenvalue weighted by Crippen LogP contribution is 2.42. The van der Waals surface area contributed by atoms with Crippen molar-refractivity contribution in [3.63, 3.8) is 0 Å². The molecular weight excluding hydrogens is 668 g/mol. The molecule has 4 aromatic rings. The average Bonchev–Trinajstić information content (AvgIpc) is 3.73. The molecule has 3 fully saturated rings. The summed E-state index contributed by atoms with van der Waals surface area (Å²) in [4.78, 5) is 41.3. The van der Waals surface area contributed by atoms with Gasteiger partial charge >= 0.3 is 0 Å². The highest BCUT2D eigenvalue weighted by Gasteiger charge is 2.52. The normalized spacial score (nSPS) is 20.3. The van der Waals surface area contributed by atoms with E-state index in [2.05, 4.69) is 25.5 Å². The largest absolute Gasteiger partial charge is 0.481 e. The second-order valence-corrected chi connectivity index (χ2v) is 14.5. The molecule has 8 rings (SSSR count). The maximum atomic E-state index is 16.5. The number of halogens is 2. The van der Waals surface area contributed by atoms with Gasteiger partial charge in [-0.05, 0) is 43.0 Å². The molecule has 1 aliphatic carbocycles. The van der Waals surface area contributed by atoms with Gasteiger partial charge in [0.25, 0.3) is 0 Å². The summed E-state index contributed by atoms with van der Waals surface area (Å²) < 4.78 is 44.1. The molecule has 4 aliphatic rings. The van der Waals surface area contributed by atoms with Crippen molar-refractivity contribution < 1.29 is 27.8 Å². The van der Waals surface area contributed by atoms with Crippen molar-refractivity contribution in [1.29, 1.82) is 0 Å². The first kappa shape index (κ1) is 34.1. The van der Waals surface area contributed by atoms with Crippen molar-refractivity contribution in [2.24, 2.45) is 5.41 Å². The van der Waals surface area contributed by atoms with Gasteiger partial charge in [0.1, 0.15) is 17.3 Å². The molecule has 2 unspecified atom stereocenters. The summed E-state index contributed by atoms with van der Waals surface area (Å²) in [6.07, 6.45) is 4.45. The number of likely N-dealkylation sites (tertiary alicyclic amines) is 2. The molecule has 3 aliphatic heterocycles. The van der Waals surface area contributed by atoms with Gasteiger partial charge in [-0.25, -0.2) is 18.7 Å². The Balaban J connectivity index is 1.02. The number of aromatic nitrogens is 3. The van der Waals surface area contributed by atoms with Crippen LogP contribution >= 0.6 is 0 Å². The van der Waals surface area contributed by atoms with E-state index in [9.17, 15) is 9.59 Å². The number of amides is 2. The van der Waals surface area contributed by atoms with Gasteiger partial charge in [-0.15, -0.1) is 0 Å². The fraction of sp³-hybridized carbons (Fsp3) is 0.410. The lowest BCUT2D eigenvalue weighted by molar-refractivity contribution is -0.157. The number of pyridine rings is 1. The van der Waals surface area contributed by atoms with E-state index in [0.29, 0.717) is 42.7 Å². The number of aryl methyl sites for hydroxylation is 1. The number of hydrogen-bond acceptors (Lipinski definition) is 9. The molecule has 11 nitrogen and oxygen atoms in total. The third kappa shape index (κ3) is 6.15. The minimum absolute atomic E-state index is 0.00284. The van der Waals surface area contributed by atoms with Crippen LogP contribution in [0.5, 0.6) is 11.8 Å². The van der Waals surface area contributed by atoms with Gasteiger partial charge in [-0.3, -0.25) is 19.5 Å². The second kappa shape index (κ2) is 13.5. The standard InChI is InChI=1S/C39H41F2N7O4/c1-22(49)48-20-39(21-48)18-47(19-39)17-32-37(51-2)46-31(16-43-32)28-9-5-7-26(36(28)41)25-6-4-8-27(35(25)40)30-14-23-10-12-29(34(23)38(45-30)52-3)42-15-24-11-13-33(50)44-24/h4-9,14,16,24,29,42H,10-13,15,17-21H2,1-3H3,(H,44,50). The van der Waals surface area contributed by atoms with E-state index in [1.807, 2.05) is 11.0 Å². The van der Waals surface area contributed by atoms with Crippen LogP contribution < -0.4 is 20.1 Å². The van der Waals surface area contributed by atoms with Crippen molar-refractivity contribution >= 4 is 11.8 Å². The fourth-order valence-corrected chi connectivity index (χ4v) is 8.30. The maximum absolute atomic E-state index is 16.5. The van der Waals surface area contributed by atoms with Gasteiger partial charge in [0.2, 0.25) is 23.6 Å². The number of carbonyl (C=O) groups excluding carboxylic acids is 2. The molecular formula is C39H41F2N7O4. The third-order valence-electron chi connectivity index (χ3n) is 10.9. The summed E-state index contributed by atoms with van der Waals surface area (Å²) in [5.74, 6) is -0.322. The fourth-order valence-electron chi connectivity index (χ4n) is 8.30. The Morgan fingerprint density at radius 2 is 1.58 bits per heavy atom. The minimum Gasteiger partial charge on any atom is -0.481 e. The van der Waals surface area contributed by atoms with Gasteiger partial charge in [0.05, 0.1) is 31.8 Å². The molecule has 2 N–H and O–H groups in total. The molecule has 1 spiro atoms. The van der Waals surface area contributed by atoms with Crippen LogP contribution in [0, 0.1) is 17.0 Å². The van der Waals surface area contributed by atoms with Crippen LogP contribution in [0.2, 0.25) is 0 Å². The number of methoxy groups -OCH3 is 2. The molecule has 270 valence electrons. The molecule has 13 heteroatoms. The number of carbonyl (C=O) groups is 2. The monoisotopic (exact) mass is 709 g/mol. The molecule has 0 radical (unpaired) electrons. The van der Waals surface area contributed by atoms with Crippen LogP contribution in [0.1, 0.15) is 49.0 Å². The topological polar surface area (TPSA) is 122 Å². The van der Waals surface area contributed by atoms with Gasteiger partial charge < -0.3 is 25.0 Å². The number of benzene rings is 2. The SMILES string of the molecule is COc1nc(-c2cccc(-c3cccc(-c4cc5c(c(OC)n4)C(NCC4CCC(=O)N4)CC5)c3F)c2F)cnc1CN1CC2(C1)CN(C(C)=O)C2. The maximum Gasteiger partial charge on any atom is 0.237 e. The van der Waals surface area contributed by atoms with Crippen molar-refractivity contribution in [1.82, 2.24) is 35.4 Å². The molecule has 0 bridgehead atoms. The highest BCUT2D eigenvalue weighted by molar-refractivity contribution is 5.79. The Bertz CT molecular complexity index is 2060. The van der Waals surface area contributed by atoms with Crippen molar-refractivity contribution in [3.8, 4) is 45.4 Å². The van der Waals surface area contributed by atoms with Crippen LogP contribution in [0.4, 0.5) is 8.78 Å². The lowest BCUT2D eigenvalue weighted by atomic mass is 9.73. The number of fused-ring (bicyclic) bond motifs is 1. The summed E-state index contributed by atoms with van der Waals surface area (Å²) in [6, 6.07) is 11.7. The van der Waals surface area contributed by atoms with Gasteiger partial charge in [-0.1, -0.05) is 24.3 Å². The van der Waals surface area contributed by atoms with Gasteiger partial charge in [0, 0.05) is 97.9 Å². The lowest BCUT2D eigenvalue weighted by Gasteiger charge is -2.60. The smallest absolute Gasteiger partial charge is 0.237 e. The molecule has 5 heterocycles. The number of nitrogens with one attached hydrogen (secondary N) is 2. The number of nitrogens with zero attached hydrogens (tertiary/aromatic N) is 5. The molecule has 52 heavy (non-hydrogen) atoms. The summed E-state index contributed by atoms with van der Waals surface area (Å²) in [6.45, 7) is 6.04. The number of rotatable bonds is 10. The summed E-state index contributed by atoms with van der Waals surface area (Å²) in [5.41, 5.74) is 4.03. The van der Waals surface area contributed by atoms with Crippen molar-refractivity contribution in [2.75, 3.05) is 46.9 Å². The predicted molar refractivity (Wildman–Crippen MR) is 189 cm³/mol. The average molecular weight is 710 g/mol. The minimum atomic E-state index is -0.626. The first-order chi connectivity index (χ1) is 25.1. The Morgan fingerprint density at radius 3 is 2.21 bits per heavy atom. The van der Waals surface area contributed by atoms with E-state index >= 15 is 8.78 Å². The quantitative estimate of drug-likeness (QED) is 0.242. The van der Waals surface area contributed by atoms with Gasteiger partial charge in [0.15, 0.2) is 0 Å². The Kier molecular flexibility index (Phi) is 8.86.